The molecule has 2 rings (SSSR count). The fraction of sp³-hybridized carbons (Fsp3) is 0.588. The third-order valence-electron chi connectivity index (χ3n) is 4.62. The van der Waals surface area contributed by atoms with Gasteiger partial charge in [-0.05, 0) is 39.5 Å². The van der Waals surface area contributed by atoms with E-state index in [4.69, 9.17) is 5.73 Å². The van der Waals surface area contributed by atoms with Gasteiger partial charge in [0.05, 0.1) is 10.5 Å². The minimum atomic E-state index is -0.410. The molecule has 1 amide bonds. The first-order valence-corrected chi connectivity index (χ1v) is 8.92. The van der Waals surface area contributed by atoms with Gasteiger partial charge in [-0.25, -0.2) is 4.39 Å². The molecule has 0 bridgehead atoms. The maximum atomic E-state index is 13.6. The van der Waals surface area contributed by atoms with Gasteiger partial charge < -0.3 is 10.6 Å². The fourth-order valence-corrected chi connectivity index (χ4v) is 2.98. The van der Waals surface area contributed by atoms with Gasteiger partial charge in [0, 0.05) is 32.7 Å². The third-order valence-corrected chi connectivity index (χ3v) is 5.26. The molecule has 2 N–H and O–H groups in total. The summed E-state index contributed by atoms with van der Waals surface area (Å²) in [6.07, 6.45) is 0.905. The summed E-state index contributed by atoms with van der Waals surface area (Å²) in [5, 5.41) is 0. The Bertz CT molecular complexity index is 547. The second-order valence-electron chi connectivity index (χ2n) is 6.26. The van der Waals surface area contributed by atoms with Crippen molar-refractivity contribution in [1.29, 1.82) is 0 Å². The van der Waals surface area contributed by atoms with Gasteiger partial charge >= 0.3 is 0 Å². The van der Waals surface area contributed by atoms with Crippen LogP contribution >= 0.6 is 15.9 Å². The predicted octanol–water partition coefficient (Wildman–Crippen LogP) is 2.61. The highest BCUT2D eigenvalue weighted by Crippen LogP contribution is 2.18. The molecule has 1 aromatic carbocycles. The summed E-state index contributed by atoms with van der Waals surface area (Å²) < 4.78 is 14.0. The Kier molecular flexibility index (Phi) is 6.56. The highest BCUT2D eigenvalue weighted by Gasteiger charge is 2.27. The molecule has 1 fully saturated rings. The molecule has 4 nitrogen and oxygen atoms in total. The van der Waals surface area contributed by atoms with Gasteiger partial charge in [-0.1, -0.05) is 26.3 Å². The maximum absolute atomic E-state index is 13.6. The predicted molar refractivity (Wildman–Crippen MR) is 93.4 cm³/mol. The van der Waals surface area contributed by atoms with Crippen LogP contribution in [0.25, 0.3) is 0 Å². The Balaban J connectivity index is 1.86. The van der Waals surface area contributed by atoms with Crippen LogP contribution < -0.4 is 5.73 Å². The van der Waals surface area contributed by atoms with Gasteiger partial charge in [0.2, 0.25) is 5.91 Å². The zero-order valence-corrected chi connectivity index (χ0v) is 15.4. The van der Waals surface area contributed by atoms with Crippen LogP contribution in [0.3, 0.4) is 0 Å². The van der Waals surface area contributed by atoms with E-state index in [0.29, 0.717) is 24.1 Å². The number of hydrogen-bond donors (Lipinski definition) is 1. The van der Waals surface area contributed by atoms with Gasteiger partial charge in [-0.3, -0.25) is 9.69 Å². The van der Waals surface area contributed by atoms with Crippen molar-refractivity contribution < 1.29 is 9.18 Å². The third kappa shape index (κ3) is 4.75. The molecule has 0 radical (unpaired) electrons. The second-order valence-corrected chi connectivity index (χ2v) is 7.12. The Morgan fingerprint density at radius 2 is 2.00 bits per heavy atom. The van der Waals surface area contributed by atoms with Crippen LogP contribution in [0.4, 0.5) is 4.39 Å². The topological polar surface area (TPSA) is 49.6 Å². The largest absolute Gasteiger partial charge is 0.339 e. The van der Waals surface area contributed by atoms with Crippen LogP contribution in [0, 0.1) is 11.7 Å². The summed E-state index contributed by atoms with van der Waals surface area (Å²) in [4.78, 5) is 16.5. The van der Waals surface area contributed by atoms with Gasteiger partial charge in [0.1, 0.15) is 5.82 Å². The number of amides is 1. The summed E-state index contributed by atoms with van der Waals surface area (Å²) in [5.74, 6) is 0.01000. The molecular weight excluding hydrogens is 361 g/mol. The summed E-state index contributed by atoms with van der Waals surface area (Å²) in [6.45, 7) is 7.70. The first-order valence-electron chi connectivity index (χ1n) is 8.13. The normalized spacial score (nSPS) is 18.7. The van der Waals surface area contributed by atoms with Gasteiger partial charge in [0.25, 0.3) is 0 Å². The Hall–Kier alpha value is -0.980. The lowest BCUT2D eigenvalue weighted by Crippen LogP contribution is -2.54. The molecule has 1 aliphatic heterocycles. The molecule has 0 aliphatic carbocycles. The smallest absolute Gasteiger partial charge is 0.239 e. The van der Waals surface area contributed by atoms with Crippen LogP contribution in [-0.2, 0) is 11.3 Å². The van der Waals surface area contributed by atoms with Crippen LogP contribution in [0.1, 0.15) is 25.8 Å². The molecule has 6 heteroatoms. The minimum absolute atomic E-state index is 0.0497. The summed E-state index contributed by atoms with van der Waals surface area (Å²) >= 11 is 3.16. The molecule has 2 unspecified atom stereocenters. The number of hydrogen-bond acceptors (Lipinski definition) is 3. The Morgan fingerprint density at radius 1 is 1.35 bits per heavy atom. The van der Waals surface area contributed by atoms with Crippen molar-refractivity contribution in [3.8, 4) is 0 Å². The zero-order valence-electron chi connectivity index (χ0n) is 13.8. The number of nitrogens with zero attached hydrogens (tertiary/aromatic N) is 2. The van der Waals surface area contributed by atoms with Crippen molar-refractivity contribution in [3.63, 3.8) is 0 Å². The second kappa shape index (κ2) is 8.22. The molecule has 0 spiro atoms. The Labute approximate surface area is 145 Å². The summed E-state index contributed by atoms with van der Waals surface area (Å²) in [6, 6.07) is 4.80. The van der Waals surface area contributed by atoms with Crippen molar-refractivity contribution in [3.05, 3.63) is 34.1 Å². The quantitative estimate of drug-likeness (QED) is 0.847. The van der Waals surface area contributed by atoms with Crippen molar-refractivity contribution in [2.75, 3.05) is 26.2 Å². The van der Waals surface area contributed by atoms with Crippen LogP contribution in [-0.4, -0.2) is 47.9 Å². The molecule has 1 aliphatic rings. The van der Waals surface area contributed by atoms with E-state index >= 15 is 0 Å². The minimum Gasteiger partial charge on any atom is -0.339 e. The lowest BCUT2D eigenvalue weighted by Gasteiger charge is -2.36. The zero-order chi connectivity index (χ0) is 17.0. The van der Waals surface area contributed by atoms with E-state index < -0.39 is 6.04 Å². The van der Waals surface area contributed by atoms with Crippen molar-refractivity contribution in [2.24, 2.45) is 11.7 Å². The van der Waals surface area contributed by atoms with E-state index in [1.165, 1.54) is 0 Å². The average Bonchev–Trinajstić information content (AvgIpc) is 2.57. The van der Waals surface area contributed by atoms with Crippen molar-refractivity contribution >= 4 is 21.8 Å². The molecule has 23 heavy (non-hydrogen) atoms. The number of nitrogens with two attached hydrogens (primary N) is 1. The van der Waals surface area contributed by atoms with Crippen molar-refractivity contribution in [1.82, 2.24) is 9.80 Å². The molecule has 1 heterocycles. The molecule has 1 aromatic rings. The van der Waals surface area contributed by atoms with E-state index in [0.717, 1.165) is 25.1 Å². The van der Waals surface area contributed by atoms with E-state index in [-0.39, 0.29) is 17.6 Å². The monoisotopic (exact) mass is 385 g/mol. The van der Waals surface area contributed by atoms with E-state index in [9.17, 15) is 9.18 Å². The van der Waals surface area contributed by atoms with Crippen LogP contribution in [0.15, 0.2) is 22.7 Å². The molecular formula is C17H25BrFN3O. The number of piperazine rings is 1. The number of benzene rings is 1. The molecule has 0 saturated carbocycles. The number of carbonyl (C=O) groups excluding carboxylic acids is 1. The highest BCUT2D eigenvalue weighted by molar-refractivity contribution is 9.10. The van der Waals surface area contributed by atoms with Crippen LogP contribution in [0.2, 0.25) is 0 Å². The molecule has 2 atom stereocenters. The maximum Gasteiger partial charge on any atom is 0.239 e. The lowest BCUT2D eigenvalue weighted by molar-refractivity contribution is -0.135. The SMILES string of the molecule is CCC(C)C(N)C(=O)N1CCN(Cc2ccc(Br)c(F)c2)CC1. The van der Waals surface area contributed by atoms with E-state index in [1.807, 2.05) is 24.8 Å². The molecule has 128 valence electrons. The lowest BCUT2D eigenvalue weighted by atomic mass is 9.98. The van der Waals surface area contributed by atoms with Crippen molar-refractivity contribution in [2.45, 2.75) is 32.9 Å². The fourth-order valence-electron chi connectivity index (χ4n) is 2.73. The highest BCUT2D eigenvalue weighted by atomic mass is 79.9. The first kappa shape index (κ1) is 18.4. The van der Waals surface area contributed by atoms with E-state index in [2.05, 4.69) is 20.8 Å². The number of halogens is 2. The molecule has 0 aromatic heterocycles. The average molecular weight is 386 g/mol. The van der Waals surface area contributed by atoms with Crippen LogP contribution in [0.5, 0.6) is 0 Å². The first-order chi connectivity index (χ1) is 10.9. The van der Waals surface area contributed by atoms with Gasteiger partial charge in [-0.2, -0.15) is 0 Å². The van der Waals surface area contributed by atoms with Gasteiger partial charge in [-0.15, -0.1) is 0 Å². The number of rotatable bonds is 5. The van der Waals surface area contributed by atoms with Gasteiger partial charge in [0.15, 0.2) is 0 Å². The van der Waals surface area contributed by atoms with E-state index in [1.54, 1.807) is 12.1 Å². The summed E-state index contributed by atoms with van der Waals surface area (Å²) in [5.41, 5.74) is 6.99. The molecule has 1 saturated heterocycles. The summed E-state index contributed by atoms with van der Waals surface area (Å²) in [7, 11) is 0. The standard InChI is InChI=1S/C17H25BrFN3O/c1-3-12(2)16(20)17(23)22-8-6-21(7-9-22)11-13-4-5-14(18)15(19)10-13/h4-5,10,12,16H,3,6-9,11,20H2,1-2H3. The number of carbonyl (C=O) groups is 1. The Morgan fingerprint density at radius 3 is 2.57 bits per heavy atom.